The molecule has 0 unspecified atom stereocenters. The summed E-state index contributed by atoms with van der Waals surface area (Å²) in [7, 11) is 0. The summed E-state index contributed by atoms with van der Waals surface area (Å²) in [4.78, 5) is 12.0. The molecule has 2 N–H and O–H groups in total. The van der Waals surface area contributed by atoms with E-state index < -0.39 is 0 Å². The first kappa shape index (κ1) is 12.9. The Morgan fingerprint density at radius 2 is 1.44 bits per heavy atom. The van der Waals surface area contributed by atoms with Gasteiger partial charge in [-0.2, -0.15) is 0 Å². The number of nitrogen functional groups attached to an aromatic ring is 1. The van der Waals surface area contributed by atoms with Gasteiger partial charge in [-0.3, -0.25) is 4.79 Å². The number of nitrogens with two attached hydrogens (primary N) is 1. The molecule has 0 atom stereocenters. The molecular formula is C13H11NOZr. The van der Waals surface area contributed by atoms with Crippen molar-refractivity contribution in [1.82, 2.24) is 0 Å². The maximum Gasteiger partial charge on any atom is 0.195 e. The molecule has 2 rings (SSSR count). The molecule has 0 saturated heterocycles. The molecule has 2 nitrogen and oxygen atoms in total. The van der Waals surface area contributed by atoms with Crippen molar-refractivity contribution in [3.8, 4) is 0 Å². The normalized spacial score (nSPS) is 9.25. The molecule has 0 amide bonds. The van der Waals surface area contributed by atoms with E-state index in [4.69, 9.17) is 5.73 Å². The second-order valence-electron chi connectivity index (χ2n) is 3.28. The van der Waals surface area contributed by atoms with Crippen molar-refractivity contribution in [1.29, 1.82) is 0 Å². The molecule has 0 radical (unpaired) electrons. The first-order valence-electron chi connectivity index (χ1n) is 4.73. The number of para-hydroxylation sites is 1. The van der Waals surface area contributed by atoms with Crippen molar-refractivity contribution in [2.45, 2.75) is 0 Å². The zero-order valence-electron chi connectivity index (χ0n) is 8.68. The molecule has 3 heteroatoms. The van der Waals surface area contributed by atoms with Gasteiger partial charge < -0.3 is 5.73 Å². The van der Waals surface area contributed by atoms with Gasteiger partial charge >= 0.3 is 0 Å². The summed E-state index contributed by atoms with van der Waals surface area (Å²) in [5.41, 5.74) is 7.48. The van der Waals surface area contributed by atoms with Gasteiger partial charge in [-0.05, 0) is 12.1 Å². The smallest absolute Gasteiger partial charge is 0.195 e. The topological polar surface area (TPSA) is 43.1 Å². The Labute approximate surface area is 114 Å². The van der Waals surface area contributed by atoms with E-state index in [1.54, 1.807) is 24.3 Å². The Kier molecular flexibility index (Phi) is 4.63. The number of ketones is 1. The van der Waals surface area contributed by atoms with Crippen LogP contribution in [0.25, 0.3) is 0 Å². The fourth-order valence-corrected chi connectivity index (χ4v) is 1.45. The number of hydrogen-bond acceptors (Lipinski definition) is 2. The van der Waals surface area contributed by atoms with Crippen LogP contribution in [0.4, 0.5) is 5.69 Å². The Morgan fingerprint density at radius 3 is 2.06 bits per heavy atom. The fourth-order valence-electron chi connectivity index (χ4n) is 1.45. The van der Waals surface area contributed by atoms with Crippen LogP contribution in [0.3, 0.4) is 0 Å². The standard InChI is InChI=1S/C13H11NO.Zr/c14-12-9-5-4-8-11(12)13(15)10-6-2-1-3-7-10;/h1-9H,14H2;. The SMILES string of the molecule is Nc1ccccc1C(=O)c1ccccc1.[Zr]. The molecule has 2 aromatic carbocycles. The average molecular weight is 288 g/mol. The van der Waals surface area contributed by atoms with Crippen molar-refractivity contribution >= 4 is 11.5 Å². The van der Waals surface area contributed by atoms with Gasteiger partial charge in [0, 0.05) is 43.0 Å². The van der Waals surface area contributed by atoms with Gasteiger partial charge in [-0.1, -0.05) is 42.5 Å². The summed E-state index contributed by atoms with van der Waals surface area (Å²) in [6, 6.07) is 16.2. The summed E-state index contributed by atoms with van der Waals surface area (Å²) in [5.74, 6) is -0.0336. The second kappa shape index (κ2) is 5.76. The summed E-state index contributed by atoms with van der Waals surface area (Å²) < 4.78 is 0. The zero-order chi connectivity index (χ0) is 10.7. The van der Waals surface area contributed by atoms with Crippen LogP contribution in [0.2, 0.25) is 0 Å². The molecule has 0 aliphatic carbocycles. The van der Waals surface area contributed by atoms with E-state index in [0.717, 1.165) is 0 Å². The van der Waals surface area contributed by atoms with E-state index in [2.05, 4.69) is 0 Å². The van der Waals surface area contributed by atoms with Crippen LogP contribution in [-0.2, 0) is 26.2 Å². The molecular weight excluding hydrogens is 277 g/mol. The van der Waals surface area contributed by atoms with Gasteiger partial charge in [-0.15, -0.1) is 0 Å². The maximum absolute atomic E-state index is 12.0. The van der Waals surface area contributed by atoms with Crippen molar-refractivity contribution in [2.24, 2.45) is 0 Å². The number of benzene rings is 2. The van der Waals surface area contributed by atoms with Gasteiger partial charge in [0.25, 0.3) is 0 Å². The van der Waals surface area contributed by atoms with E-state index in [0.29, 0.717) is 16.8 Å². The number of carbonyl (C=O) groups is 1. The van der Waals surface area contributed by atoms with Crippen LogP contribution < -0.4 is 5.73 Å². The number of rotatable bonds is 2. The summed E-state index contributed by atoms with van der Waals surface area (Å²) >= 11 is 0. The third-order valence-corrected chi connectivity index (χ3v) is 2.24. The van der Waals surface area contributed by atoms with E-state index in [9.17, 15) is 4.79 Å². The van der Waals surface area contributed by atoms with E-state index in [-0.39, 0.29) is 32.0 Å². The molecule has 78 valence electrons. The molecule has 0 aromatic heterocycles. The summed E-state index contributed by atoms with van der Waals surface area (Å²) in [6.07, 6.45) is 0. The zero-order valence-corrected chi connectivity index (χ0v) is 11.1. The monoisotopic (exact) mass is 287 g/mol. The molecule has 0 spiro atoms. The van der Waals surface area contributed by atoms with E-state index >= 15 is 0 Å². The first-order valence-corrected chi connectivity index (χ1v) is 4.73. The molecule has 0 bridgehead atoms. The van der Waals surface area contributed by atoms with Crippen LogP contribution in [0.5, 0.6) is 0 Å². The van der Waals surface area contributed by atoms with Gasteiger partial charge in [0.1, 0.15) is 0 Å². The third kappa shape index (κ3) is 2.67. The molecule has 2 aromatic rings. The third-order valence-electron chi connectivity index (χ3n) is 2.24. The minimum atomic E-state index is -0.0336. The van der Waals surface area contributed by atoms with Crippen LogP contribution in [-0.4, -0.2) is 5.78 Å². The van der Waals surface area contributed by atoms with Gasteiger partial charge in [0.2, 0.25) is 0 Å². The number of anilines is 1. The minimum Gasteiger partial charge on any atom is -0.398 e. The van der Waals surface area contributed by atoms with Gasteiger partial charge in [-0.25, -0.2) is 0 Å². The summed E-state index contributed by atoms with van der Waals surface area (Å²) in [5, 5.41) is 0. The van der Waals surface area contributed by atoms with Gasteiger partial charge in [0.15, 0.2) is 5.78 Å². The molecule has 0 aliphatic heterocycles. The van der Waals surface area contributed by atoms with Crippen LogP contribution in [0, 0.1) is 0 Å². The Morgan fingerprint density at radius 1 is 0.875 bits per heavy atom. The van der Waals surface area contributed by atoms with Crippen LogP contribution >= 0.6 is 0 Å². The molecule has 0 saturated carbocycles. The number of carbonyl (C=O) groups excluding carboxylic acids is 1. The second-order valence-corrected chi connectivity index (χ2v) is 3.28. The average Bonchev–Trinajstić information content (AvgIpc) is 2.30. The van der Waals surface area contributed by atoms with Gasteiger partial charge in [0.05, 0.1) is 0 Å². The predicted octanol–water partition coefficient (Wildman–Crippen LogP) is 2.50. The Balaban J connectivity index is 0.00000128. The van der Waals surface area contributed by atoms with Crippen molar-refractivity contribution in [3.05, 3.63) is 65.7 Å². The fraction of sp³-hybridized carbons (Fsp3) is 0. The predicted molar refractivity (Wildman–Crippen MR) is 60.7 cm³/mol. The molecule has 16 heavy (non-hydrogen) atoms. The van der Waals surface area contributed by atoms with Crippen LogP contribution in [0.15, 0.2) is 54.6 Å². The van der Waals surface area contributed by atoms with Crippen LogP contribution in [0.1, 0.15) is 15.9 Å². The van der Waals surface area contributed by atoms with E-state index in [1.165, 1.54) is 0 Å². The molecule has 0 heterocycles. The number of hydrogen-bond donors (Lipinski definition) is 1. The maximum atomic E-state index is 12.0. The largest absolute Gasteiger partial charge is 0.398 e. The quantitative estimate of drug-likeness (QED) is 0.681. The van der Waals surface area contributed by atoms with Crippen molar-refractivity contribution in [2.75, 3.05) is 5.73 Å². The minimum absolute atomic E-state index is 0. The van der Waals surface area contributed by atoms with E-state index in [1.807, 2.05) is 30.3 Å². The summed E-state index contributed by atoms with van der Waals surface area (Å²) in [6.45, 7) is 0. The van der Waals surface area contributed by atoms with Crippen molar-refractivity contribution < 1.29 is 31.0 Å². The van der Waals surface area contributed by atoms with Crippen molar-refractivity contribution in [3.63, 3.8) is 0 Å². The first-order chi connectivity index (χ1) is 7.29. The Bertz CT molecular complexity index is 482. The molecule has 0 aliphatic rings. The Hall–Kier alpha value is -1.21. The molecule has 0 fully saturated rings.